The van der Waals surface area contributed by atoms with Gasteiger partial charge in [0.25, 0.3) is 5.91 Å². The number of thiol groups is 1. The Kier molecular flexibility index (Phi) is 3.74. The summed E-state index contributed by atoms with van der Waals surface area (Å²) >= 11 is 4.13. The summed E-state index contributed by atoms with van der Waals surface area (Å²) in [5.41, 5.74) is 5.45. The van der Waals surface area contributed by atoms with Gasteiger partial charge >= 0.3 is 0 Å². The molecule has 0 heterocycles. The summed E-state index contributed by atoms with van der Waals surface area (Å²) in [5.74, 6) is -0.924. The monoisotopic (exact) mass is 224 g/mol. The highest BCUT2D eigenvalue weighted by Crippen LogP contribution is 2.12. The van der Waals surface area contributed by atoms with Crippen LogP contribution in [0.3, 0.4) is 0 Å². The van der Waals surface area contributed by atoms with Crippen LogP contribution in [0.2, 0.25) is 0 Å². The third kappa shape index (κ3) is 2.99. The average Bonchev–Trinajstić information content (AvgIpc) is 2.18. The van der Waals surface area contributed by atoms with E-state index < -0.39 is 11.9 Å². The van der Waals surface area contributed by atoms with Gasteiger partial charge in [0.05, 0.1) is 5.56 Å². The predicted octanol–water partition coefficient (Wildman–Crippen LogP) is 0.579. The lowest BCUT2D eigenvalue weighted by atomic mass is 10.2. The number of carbonyl (C=O) groups is 2. The van der Waals surface area contributed by atoms with E-state index in [2.05, 4.69) is 17.9 Å². The highest BCUT2D eigenvalue weighted by Gasteiger charge is 2.14. The average molecular weight is 224 g/mol. The lowest BCUT2D eigenvalue weighted by molar-refractivity contribution is -0.119. The Balaban J connectivity index is 2.78. The van der Waals surface area contributed by atoms with Gasteiger partial charge in [-0.25, -0.2) is 0 Å². The second kappa shape index (κ2) is 4.84. The summed E-state index contributed by atoms with van der Waals surface area (Å²) in [6.45, 7) is 1.53. The number of rotatable bonds is 3. The molecule has 1 atom stereocenters. The van der Waals surface area contributed by atoms with Crippen molar-refractivity contribution in [3.8, 4) is 0 Å². The van der Waals surface area contributed by atoms with Crippen LogP contribution in [0.5, 0.6) is 0 Å². The zero-order valence-corrected chi connectivity index (χ0v) is 9.12. The number of benzene rings is 1. The van der Waals surface area contributed by atoms with E-state index in [1.807, 2.05) is 0 Å². The molecular formula is C10H12N2O2S. The molecule has 0 aromatic heterocycles. The first kappa shape index (κ1) is 11.6. The van der Waals surface area contributed by atoms with Crippen molar-refractivity contribution in [2.45, 2.75) is 17.9 Å². The highest BCUT2D eigenvalue weighted by molar-refractivity contribution is 7.80. The Morgan fingerprint density at radius 2 is 2.00 bits per heavy atom. The third-order valence-electron chi connectivity index (χ3n) is 1.92. The Hall–Kier alpha value is -1.49. The minimum absolute atomic E-state index is 0.355. The lowest BCUT2D eigenvalue weighted by Crippen LogP contribution is -2.42. The molecule has 5 heteroatoms. The molecule has 1 aromatic carbocycles. The minimum atomic E-state index is -0.689. The summed E-state index contributed by atoms with van der Waals surface area (Å²) in [6, 6.07) is 6.14. The molecule has 0 spiro atoms. The van der Waals surface area contributed by atoms with Crippen LogP contribution in [-0.2, 0) is 4.79 Å². The van der Waals surface area contributed by atoms with Gasteiger partial charge in [-0.15, -0.1) is 12.6 Å². The standard InChI is InChI=1S/C10H12N2O2S/c1-6(9(11)13)12-10(14)7-4-2-3-5-8(7)15/h2-6,15H,1H3,(H2,11,13)(H,12,14)/t6-/m1/s1. The first-order valence-electron chi connectivity index (χ1n) is 4.40. The van der Waals surface area contributed by atoms with Crippen LogP contribution in [0, 0.1) is 0 Å². The molecule has 3 N–H and O–H groups in total. The Morgan fingerprint density at radius 1 is 1.40 bits per heavy atom. The zero-order chi connectivity index (χ0) is 11.4. The Morgan fingerprint density at radius 3 is 2.53 bits per heavy atom. The second-order valence-corrected chi connectivity index (χ2v) is 3.60. The fourth-order valence-electron chi connectivity index (χ4n) is 1.01. The first-order chi connectivity index (χ1) is 7.02. The van der Waals surface area contributed by atoms with Crippen molar-refractivity contribution < 1.29 is 9.59 Å². The number of nitrogens with one attached hydrogen (secondary N) is 1. The van der Waals surface area contributed by atoms with E-state index >= 15 is 0 Å². The molecule has 0 fully saturated rings. The van der Waals surface area contributed by atoms with Crippen LogP contribution in [0.1, 0.15) is 17.3 Å². The molecule has 2 amide bonds. The molecule has 80 valence electrons. The zero-order valence-electron chi connectivity index (χ0n) is 8.23. The van der Waals surface area contributed by atoms with Crippen molar-refractivity contribution in [3.05, 3.63) is 29.8 Å². The van der Waals surface area contributed by atoms with E-state index in [1.165, 1.54) is 6.92 Å². The molecule has 0 aliphatic heterocycles. The maximum atomic E-state index is 11.6. The Bertz CT molecular complexity index is 393. The van der Waals surface area contributed by atoms with Gasteiger partial charge in [-0.2, -0.15) is 0 Å². The second-order valence-electron chi connectivity index (χ2n) is 3.11. The fourth-order valence-corrected chi connectivity index (χ4v) is 1.27. The van der Waals surface area contributed by atoms with E-state index in [0.29, 0.717) is 10.5 Å². The van der Waals surface area contributed by atoms with E-state index in [0.717, 1.165) is 0 Å². The number of carbonyl (C=O) groups excluding carboxylic acids is 2. The van der Waals surface area contributed by atoms with E-state index in [-0.39, 0.29) is 5.91 Å². The molecule has 4 nitrogen and oxygen atoms in total. The normalized spacial score (nSPS) is 11.9. The molecule has 0 saturated carbocycles. The molecule has 0 radical (unpaired) electrons. The molecule has 1 aromatic rings. The van der Waals surface area contributed by atoms with Crippen molar-refractivity contribution in [2.75, 3.05) is 0 Å². The predicted molar refractivity (Wildman–Crippen MR) is 59.8 cm³/mol. The summed E-state index contributed by atoms with van der Waals surface area (Å²) in [7, 11) is 0. The fraction of sp³-hybridized carbons (Fsp3) is 0.200. The van der Waals surface area contributed by atoms with Crippen LogP contribution in [0.15, 0.2) is 29.2 Å². The lowest BCUT2D eigenvalue weighted by Gasteiger charge is -2.10. The van der Waals surface area contributed by atoms with Crippen molar-refractivity contribution in [1.82, 2.24) is 5.32 Å². The maximum Gasteiger partial charge on any atom is 0.253 e. The van der Waals surface area contributed by atoms with Crippen LogP contribution in [-0.4, -0.2) is 17.9 Å². The van der Waals surface area contributed by atoms with Gasteiger partial charge in [-0.05, 0) is 19.1 Å². The van der Waals surface area contributed by atoms with Gasteiger partial charge in [0.1, 0.15) is 6.04 Å². The summed E-state index contributed by atoms with van der Waals surface area (Å²) in [6.07, 6.45) is 0. The largest absolute Gasteiger partial charge is 0.368 e. The van der Waals surface area contributed by atoms with Crippen LogP contribution < -0.4 is 11.1 Å². The molecule has 15 heavy (non-hydrogen) atoms. The minimum Gasteiger partial charge on any atom is -0.368 e. The number of hydrogen-bond acceptors (Lipinski definition) is 3. The van der Waals surface area contributed by atoms with Gasteiger partial charge in [0, 0.05) is 4.90 Å². The van der Waals surface area contributed by atoms with E-state index in [9.17, 15) is 9.59 Å². The molecule has 1 rings (SSSR count). The van der Waals surface area contributed by atoms with Crippen LogP contribution in [0.25, 0.3) is 0 Å². The quantitative estimate of drug-likeness (QED) is 0.657. The maximum absolute atomic E-state index is 11.6. The summed E-state index contributed by atoms with van der Waals surface area (Å²) < 4.78 is 0. The summed E-state index contributed by atoms with van der Waals surface area (Å²) in [4.78, 5) is 22.9. The van der Waals surface area contributed by atoms with Gasteiger partial charge < -0.3 is 11.1 Å². The molecule has 0 unspecified atom stereocenters. The third-order valence-corrected chi connectivity index (χ3v) is 2.31. The molecule has 0 saturated heterocycles. The molecule has 0 bridgehead atoms. The van der Waals surface area contributed by atoms with Crippen molar-refractivity contribution in [1.29, 1.82) is 0 Å². The smallest absolute Gasteiger partial charge is 0.253 e. The van der Waals surface area contributed by atoms with Gasteiger partial charge in [0.15, 0.2) is 0 Å². The number of hydrogen-bond donors (Lipinski definition) is 3. The number of primary amides is 1. The molecule has 0 aliphatic rings. The van der Waals surface area contributed by atoms with Gasteiger partial charge in [-0.3, -0.25) is 9.59 Å². The summed E-state index contributed by atoms with van der Waals surface area (Å²) in [5, 5.41) is 2.47. The first-order valence-corrected chi connectivity index (χ1v) is 4.85. The topological polar surface area (TPSA) is 72.2 Å². The molecule has 0 aliphatic carbocycles. The number of nitrogens with two attached hydrogens (primary N) is 1. The van der Waals surface area contributed by atoms with Crippen molar-refractivity contribution in [2.24, 2.45) is 5.73 Å². The molecular weight excluding hydrogens is 212 g/mol. The van der Waals surface area contributed by atoms with E-state index in [1.54, 1.807) is 24.3 Å². The van der Waals surface area contributed by atoms with Crippen LogP contribution >= 0.6 is 12.6 Å². The van der Waals surface area contributed by atoms with Gasteiger partial charge in [0.2, 0.25) is 5.91 Å². The van der Waals surface area contributed by atoms with Crippen molar-refractivity contribution >= 4 is 24.4 Å². The number of amides is 2. The van der Waals surface area contributed by atoms with Crippen molar-refractivity contribution in [3.63, 3.8) is 0 Å². The van der Waals surface area contributed by atoms with Gasteiger partial charge in [-0.1, -0.05) is 12.1 Å². The Labute approximate surface area is 93.3 Å². The van der Waals surface area contributed by atoms with Crippen LogP contribution in [0.4, 0.5) is 0 Å². The van der Waals surface area contributed by atoms with E-state index in [4.69, 9.17) is 5.73 Å². The SMILES string of the molecule is C[C@@H](NC(=O)c1ccccc1S)C(N)=O. The highest BCUT2D eigenvalue weighted by atomic mass is 32.1.